The van der Waals surface area contributed by atoms with Crippen LogP contribution in [0.2, 0.25) is 5.02 Å². The van der Waals surface area contributed by atoms with Crippen LogP contribution in [0, 0.1) is 5.82 Å². The molecule has 0 fully saturated rings. The van der Waals surface area contributed by atoms with E-state index in [4.69, 9.17) is 16.3 Å². The summed E-state index contributed by atoms with van der Waals surface area (Å²) in [5.41, 5.74) is 3.10. The van der Waals surface area contributed by atoms with Gasteiger partial charge in [-0.1, -0.05) is 59.8 Å². The van der Waals surface area contributed by atoms with E-state index in [1.807, 2.05) is 48.5 Å². The van der Waals surface area contributed by atoms with Crippen molar-refractivity contribution in [2.45, 2.75) is 12.4 Å². The molecule has 0 saturated carbocycles. The van der Waals surface area contributed by atoms with Crippen LogP contribution in [-0.4, -0.2) is 11.1 Å². The van der Waals surface area contributed by atoms with E-state index >= 15 is 0 Å². The molecule has 0 aromatic heterocycles. The number of amides is 1. The van der Waals surface area contributed by atoms with E-state index in [0.29, 0.717) is 34.0 Å². The standard InChI is InChI=1S/C24H18ClFN2O2S/c25-19-8-4-16(5-9-19)14-30-21-3-1-2-18(12-21)13-22-23(29)28-24(27-22)31-15-17-6-10-20(26)11-7-17/h1-13H,14-15H2,(H,27,28,29)/b22-13-. The van der Waals surface area contributed by atoms with Gasteiger partial charge < -0.3 is 4.74 Å². The molecule has 0 atom stereocenters. The number of amidine groups is 1. The van der Waals surface area contributed by atoms with Gasteiger partial charge in [-0.05, 0) is 59.2 Å². The van der Waals surface area contributed by atoms with Crippen LogP contribution in [0.1, 0.15) is 16.7 Å². The summed E-state index contributed by atoms with van der Waals surface area (Å²) in [7, 11) is 0. The van der Waals surface area contributed by atoms with Gasteiger partial charge in [0.25, 0.3) is 5.91 Å². The SMILES string of the molecule is O=C1NC(SCc2ccc(F)cc2)=N/C1=C\c1cccc(OCc2ccc(Cl)cc2)c1. The molecule has 0 unspecified atom stereocenters. The molecule has 3 aromatic rings. The fourth-order valence-electron chi connectivity index (χ4n) is 2.85. The van der Waals surface area contributed by atoms with Gasteiger partial charge in [-0.2, -0.15) is 0 Å². The lowest BCUT2D eigenvalue weighted by Crippen LogP contribution is -2.21. The average Bonchev–Trinajstić information content (AvgIpc) is 3.12. The van der Waals surface area contributed by atoms with E-state index < -0.39 is 0 Å². The Morgan fingerprint density at radius 3 is 2.55 bits per heavy atom. The Balaban J connectivity index is 1.40. The molecule has 3 aromatic carbocycles. The second-order valence-electron chi connectivity index (χ2n) is 6.80. The van der Waals surface area contributed by atoms with Crippen LogP contribution in [-0.2, 0) is 17.2 Å². The first-order valence-electron chi connectivity index (χ1n) is 9.51. The molecule has 7 heteroatoms. The summed E-state index contributed by atoms with van der Waals surface area (Å²) >= 11 is 7.30. The number of hydrogen-bond acceptors (Lipinski definition) is 4. The van der Waals surface area contributed by atoms with Crippen LogP contribution in [0.4, 0.5) is 4.39 Å². The number of carbonyl (C=O) groups is 1. The highest BCUT2D eigenvalue weighted by Crippen LogP contribution is 2.22. The highest BCUT2D eigenvalue weighted by atomic mass is 35.5. The molecule has 0 saturated heterocycles. The minimum absolute atomic E-state index is 0.255. The number of ether oxygens (including phenoxy) is 1. The number of carbonyl (C=O) groups excluding carboxylic acids is 1. The maximum Gasteiger partial charge on any atom is 0.275 e. The van der Waals surface area contributed by atoms with Gasteiger partial charge >= 0.3 is 0 Å². The second-order valence-corrected chi connectivity index (χ2v) is 8.20. The van der Waals surface area contributed by atoms with E-state index in [0.717, 1.165) is 16.7 Å². The van der Waals surface area contributed by atoms with Crippen molar-refractivity contribution >= 4 is 40.5 Å². The third kappa shape index (κ3) is 5.96. The van der Waals surface area contributed by atoms with E-state index in [1.54, 1.807) is 18.2 Å². The molecule has 1 N–H and O–H groups in total. The van der Waals surface area contributed by atoms with Crippen LogP contribution in [0.5, 0.6) is 5.75 Å². The number of thioether (sulfide) groups is 1. The maximum absolute atomic E-state index is 13.0. The van der Waals surface area contributed by atoms with Crippen molar-refractivity contribution in [3.8, 4) is 5.75 Å². The first-order chi connectivity index (χ1) is 15.0. The molecule has 1 amide bonds. The summed E-state index contributed by atoms with van der Waals surface area (Å²) in [4.78, 5) is 16.7. The molecule has 4 nitrogen and oxygen atoms in total. The quantitative estimate of drug-likeness (QED) is 0.479. The first-order valence-corrected chi connectivity index (χ1v) is 10.9. The van der Waals surface area contributed by atoms with Crippen LogP contribution in [0.15, 0.2) is 83.5 Å². The third-order valence-corrected chi connectivity index (χ3v) is 5.64. The summed E-state index contributed by atoms with van der Waals surface area (Å²) in [6.07, 6.45) is 1.72. The number of hydrogen-bond donors (Lipinski definition) is 1. The van der Waals surface area contributed by atoms with Gasteiger partial charge in [0.05, 0.1) is 0 Å². The van der Waals surface area contributed by atoms with Crippen LogP contribution in [0.3, 0.4) is 0 Å². The Morgan fingerprint density at radius 1 is 1.03 bits per heavy atom. The maximum atomic E-state index is 13.0. The van der Waals surface area contributed by atoms with Gasteiger partial charge in [-0.15, -0.1) is 0 Å². The lowest BCUT2D eigenvalue weighted by molar-refractivity contribution is -0.115. The zero-order valence-electron chi connectivity index (χ0n) is 16.3. The number of aliphatic imine (C=N–C) groups is 1. The molecular weight excluding hydrogens is 435 g/mol. The average molecular weight is 453 g/mol. The van der Waals surface area contributed by atoms with Crippen molar-refractivity contribution in [3.63, 3.8) is 0 Å². The first kappa shape index (κ1) is 21.2. The lowest BCUT2D eigenvalue weighted by Gasteiger charge is -2.07. The predicted molar refractivity (Wildman–Crippen MR) is 123 cm³/mol. The molecule has 1 aliphatic rings. The molecular formula is C24H18ClFN2O2S. The minimum atomic E-state index is -0.273. The van der Waals surface area contributed by atoms with E-state index in [2.05, 4.69) is 10.3 Å². The minimum Gasteiger partial charge on any atom is -0.489 e. The highest BCUT2D eigenvalue weighted by molar-refractivity contribution is 8.13. The Morgan fingerprint density at radius 2 is 1.77 bits per heavy atom. The Bertz CT molecular complexity index is 1150. The molecule has 0 aliphatic carbocycles. The molecule has 1 heterocycles. The largest absolute Gasteiger partial charge is 0.489 e. The van der Waals surface area contributed by atoms with Gasteiger partial charge in [0, 0.05) is 10.8 Å². The molecule has 4 rings (SSSR count). The van der Waals surface area contributed by atoms with Gasteiger partial charge in [0.15, 0.2) is 5.17 Å². The fraction of sp³-hybridized carbons (Fsp3) is 0.0833. The summed E-state index contributed by atoms with van der Waals surface area (Å²) in [5, 5.41) is 3.97. The van der Waals surface area contributed by atoms with Crippen molar-refractivity contribution in [3.05, 3.63) is 106 Å². The highest BCUT2D eigenvalue weighted by Gasteiger charge is 2.20. The summed E-state index contributed by atoms with van der Waals surface area (Å²) < 4.78 is 18.8. The Hall–Kier alpha value is -3.09. The van der Waals surface area contributed by atoms with Crippen molar-refractivity contribution in [2.75, 3.05) is 0 Å². The third-order valence-electron chi connectivity index (χ3n) is 4.44. The monoisotopic (exact) mass is 452 g/mol. The van der Waals surface area contributed by atoms with Crippen LogP contribution in [0.25, 0.3) is 6.08 Å². The van der Waals surface area contributed by atoms with Gasteiger partial charge in [0.2, 0.25) is 0 Å². The lowest BCUT2D eigenvalue weighted by atomic mass is 10.2. The number of nitrogens with zero attached hydrogens (tertiary/aromatic N) is 1. The topological polar surface area (TPSA) is 50.7 Å². The number of benzene rings is 3. The van der Waals surface area contributed by atoms with Crippen molar-refractivity contribution in [2.24, 2.45) is 4.99 Å². The molecule has 0 radical (unpaired) electrons. The predicted octanol–water partition coefficient (Wildman–Crippen LogP) is 5.82. The van der Waals surface area contributed by atoms with Crippen LogP contribution < -0.4 is 10.1 Å². The summed E-state index contributed by atoms with van der Waals surface area (Å²) in [6, 6.07) is 21.2. The van der Waals surface area contributed by atoms with E-state index in [9.17, 15) is 9.18 Å². The molecule has 31 heavy (non-hydrogen) atoms. The fourth-order valence-corrected chi connectivity index (χ4v) is 3.80. The van der Waals surface area contributed by atoms with Gasteiger partial charge in [-0.3, -0.25) is 10.1 Å². The van der Waals surface area contributed by atoms with Crippen molar-refractivity contribution < 1.29 is 13.9 Å². The number of nitrogens with one attached hydrogen (secondary N) is 1. The van der Waals surface area contributed by atoms with Crippen LogP contribution >= 0.6 is 23.4 Å². The smallest absolute Gasteiger partial charge is 0.275 e. The number of rotatable bonds is 6. The zero-order valence-corrected chi connectivity index (χ0v) is 17.9. The summed E-state index contributed by atoms with van der Waals surface area (Å²) in [6.45, 7) is 0.417. The molecule has 1 aliphatic heterocycles. The summed E-state index contributed by atoms with van der Waals surface area (Å²) in [5.74, 6) is 0.747. The molecule has 156 valence electrons. The Kier molecular flexibility index (Phi) is 6.70. The molecule has 0 spiro atoms. The van der Waals surface area contributed by atoms with Gasteiger partial charge in [-0.25, -0.2) is 9.38 Å². The second kappa shape index (κ2) is 9.81. The van der Waals surface area contributed by atoms with Gasteiger partial charge in [0.1, 0.15) is 23.9 Å². The van der Waals surface area contributed by atoms with Crippen molar-refractivity contribution in [1.82, 2.24) is 5.32 Å². The molecule has 0 bridgehead atoms. The normalized spacial score (nSPS) is 14.5. The van der Waals surface area contributed by atoms with E-state index in [1.165, 1.54) is 23.9 Å². The Labute approximate surface area is 188 Å². The number of halogens is 2. The zero-order chi connectivity index (χ0) is 21.6. The van der Waals surface area contributed by atoms with Crippen molar-refractivity contribution in [1.29, 1.82) is 0 Å². The van der Waals surface area contributed by atoms with E-state index in [-0.39, 0.29) is 11.7 Å².